The lowest BCUT2D eigenvalue weighted by atomic mass is 9.80. The van der Waals surface area contributed by atoms with Crippen LogP contribution >= 0.6 is 0 Å². The van der Waals surface area contributed by atoms with E-state index in [0.717, 1.165) is 11.1 Å². The van der Waals surface area contributed by atoms with E-state index in [0.29, 0.717) is 6.42 Å². The van der Waals surface area contributed by atoms with Crippen molar-refractivity contribution in [3.8, 4) is 0 Å². The molecule has 0 radical (unpaired) electrons. The average Bonchev–Trinajstić information content (AvgIpc) is 2.71. The fourth-order valence-corrected chi connectivity index (χ4v) is 3.68. The molecule has 0 spiro atoms. The van der Waals surface area contributed by atoms with Gasteiger partial charge in [-0.3, -0.25) is 0 Å². The third kappa shape index (κ3) is 2.27. The summed E-state index contributed by atoms with van der Waals surface area (Å²) in [5.74, 6) is -0.572. The fourth-order valence-electron chi connectivity index (χ4n) is 3.68. The number of carbonyl (C=O) groups is 1. The maximum Gasteiger partial charge on any atom is 0.338 e. The molecule has 20 heavy (non-hydrogen) atoms. The molecule has 0 bridgehead atoms. The summed E-state index contributed by atoms with van der Waals surface area (Å²) in [5.41, 5.74) is 0.496. The van der Waals surface area contributed by atoms with Crippen molar-refractivity contribution < 1.29 is 14.6 Å². The molecular weight excluding hydrogens is 252 g/mol. The lowest BCUT2D eigenvalue weighted by molar-refractivity contribution is -0.165. The van der Waals surface area contributed by atoms with Gasteiger partial charge in [0.1, 0.15) is 0 Å². The molecule has 0 aromatic heterocycles. The van der Waals surface area contributed by atoms with Crippen LogP contribution in [-0.4, -0.2) is 23.8 Å². The Bertz CT molecular complexity index is 508. The number of rotatable bonds is 3. The van der Waals surface area contributed by atoms with Crippen LogP contribution in [0.1, 0.15) is 31.7 Å². The van der Waals surface area contributed by atoms with Gasteiger partial charge in [0, 0.05) is 5.92 Å². The van der Waals surface area contributed by atoms with Crippen LogP contribution in [0.4, 0.5) is 0 Å². The number of hydrogen-bond acceptors (Lipinski definition) is 3. The summed E-state index contributed by atoms with van der Waals surface area (Å²) in [6, 6.07) is 10.0. The molecule has 1 aromatic rings. The van der Waals surface area contributed by atoms with Gasteiger partial charge in [-0.25, -0.2) is 4.79 Å². The highest BCUT2D eigenvalue weighted by Gasteiger charge is 2.56. The number of ether oxygens (including phenoxy) is 1. The smallest absolute Gasteiger partial charge is 0.338 e. The van der Waals surface area contributed by atoms with Gasteiger partial charge >= 0.3 is 5.97 Å². The molecule has 1 aromatic carbocycles. The third-order valence-corrected chi connectivity index (χ3v) is 4.50. The van der Waals surface area contributed by atoms with Crippen molar-refractivity contribution in [2.24, 2.45) is 11.8 Å². The number of esters is 1. The molecule has 3 nitrogen and oxygen atoms in total. The first-order valence-electron chi connectivity index (χ1n) is 6.93. The van der Waals surface area contributed by atoms with E-state index in [1.807, 2.05) is 37.3 Å². The molecular formula is C17H22O3. The number of methoxy groups -OCH3 is 1. The molecule has 0 aliphatic heterocycles. The fraction of sp³-hybridized carbons (Fsp3) is 0.471. The van der Waals surface area contributed by atoms with Crippen LogP contribution in [0.15, 0.2) is 42.5 Å². The van der Waals surface area contributed by atoms with Crippen LogP contribution < -0.4 is 0 Å². The van der Waals surface area contributed by atoms with Gasteiger partial charge < -0.3 is 9.84 Å². The molecule has 0 saturated heterocycles. The zero-order chi connectivity index (χ0) is 14.9. The summed E-state index contributed by atoms with van der Waals surface area (Å²) in [6.45, 7) is 7.89. The quantitative estimate of drug-likeness (QED) is 0.681. The van der Waals surface area contributed by atoms with Gasteiger partial charge in [0.05, 0.1) is 7.11 Å². The summed E-state index contributed by atoms with van der Waals surface area (Å²) in [7, 11) is 1.32. The zero-order valence-electron chi connectivity index (χ0n) is 12.3. The van der Waals surface area contributed by atoms with Crippen molar-refractivity contribution in [2.75, 3.05) is 7.11 Å². The van der Waals surface area contributed by atoms with E-state index in [9.17, 15) is 9.90 Å². The topological polar surface area (TPSA) is 46.5 Å². The van der Waals surface area contributed by atoms with Crippen LogP contribution in [0.25, 0.3) is 0 Å². The van der Waals surface area contributed by atoms with Crippen LogP contribution in [0.5, 0.6) is 0 Å². The maximum atomic E-state index is 12.1. The van der Waals surface area contributed by atoms with E-state index in [1.165, 1.54) is 7.11 Å². The van der Waals surface area contributed by atoms with Gasteiger partial charge in [0.2, 0.25) is 0 Å². The highest BCUT2D eigenvalue weighted by Crippen LogP contribution is 2.52. The first-order valence-corrected chi connectivity index (χ1v) is 6.93. The predicted molar refractivity (Wildman–Crippen MR) is 78.2 cm³/mol. The minimum Gasteiger partial charge on any atom is -0.467 e. The lowest BCUT2D eigenvalue weighted by Crippen LogP contribution is -2.44. The molecule has 0 amide bonds. The van der Waals surface area contributed by atoms with Gasteiger partial charge in [0.15, 0.2) is 5.60 Å². The molecule has 1 fully saturated rings. The number of benzene rings is 1. The monoisotopic (exact) mass is 274 g/mol. The van der Waals surface area contributed by atoms with Crippen molar-refractivity contribution in [2.45, 2.75) is 31.8 Å². The summed E-state index contributed by atoms with van der Waals surface area (Å²) in [6.07, 6.45) is 0.377. The first-order chi connectivity index (χ1) is 9.41. The summed E-state index contributed by atoms with van der Waals surface area (Å²) < 4.78 is 4.82. The van der Waals surface area contributed by atoms with E-state index in [-0.39, 0.29) is 17.8 Å². The van der Waals surface area contributed by atoms with E-state index in [1.54, 1.807) is 0 Å². The average molecular weight is 274 g/mol. The Balaban J connectivity index is 2.41. The lowest BCUT2D eigenvalue weighted by Gasteiger charge is -2.29. The Kier molecular flexibility index (Phi) is 4.00. The molecule has 2 rings (SSSR count). The Labute approximate surface area is 120 Å². The van der Waals surface area contributed by atoms with Crippen molar-refractivity contribution >= 4 is 5.97 Å². The largest absolute Gasteiger partial charge is 0.467 e. The van der Waals surface area contributed by atoms with Gasteiger partial charge in [-0.1, -0.05) is 49.4 Å². The van der Waals surface area contributed by atoms with E-state index in [2.05, 4.69) is 13.5 Å². The highest BCUT2D eigenvalue weighted by molar-refractivity contribution is 5.81. The van der Waals surface area contributed by atoms with Crippen LogP contribution in [0.2, 0.25) is 0 Å². The molecule has 1 aliphatic carbocycles. The van der Waals surface area contributed by atoms with E-state index in [4.69, 9.17) is 4.74 Å². The van der Waals surface area contributed by atoms with Crippen molar-refractivity contribution in [1.82, 2.24) is 0 Å². The summed E-state index contributed by atoms with van der Waals surface area (Å²) in [4.78, 5) is 12.1. The zero-order valence-corrected chi connectivity index (χ0v) is 12.3. The summed E-state index contributed by atoms with van der Waals surface area (Å²) >= 11 is 0. The Morgan fingerprint density at radius 1 is 1.40 bits per heavy atom. The third-order valence-electron chi connectivity index (χ3n) is 4.50. The highest BCUT2D eigenvalue weighted by atomic mass is 16.5. The van der Waals surface area contributed by atoms with E-state index < -0.39 is 11.6 Å². The molecule has 1 aliphatic rings. The molecule has 1 saturated carbocycles. The number of aliphatic hydroxyl groups is 1. The van der Waals surface area contributed by atoms with Crippen LogP contribution in [0, 0.1) is 11.8 Å². The molecule has 0 unspecified atom stereocenters. The Morgan fingerprint density at radius 3 is 2.50 bits per heavy atom. The van der Waals surface area contributed by atoms with Gasteiger partial charge in [-0.2, -0.15) is 0 Å². The second-order valence-electron chi connectivity index (χ2n) is 5.82. The van der Waals surface area contributed by atoms with Crippen molar-refractivity contribution in [3.05, 3.63) is 48.0 Å². The van der Waals surface area contributed by atoms with Crippen LogP contribution in [-0.2, 0) is 9.53 Å². The first kappa shape index (κ1) is 14.8. The molecule has 4 atom stereocenters. The summed E-state index contributed by atoms with van der Waals surface area (Å²) in [5, 5.41) is 10.9. The number of carbonyl (C=O) groups excluding carboxylic acids is 1. The standard InChI is InChI=1S/C17H22O3/c1-11(2)15-12(3)14(13-8-6-5-7-9-13)10-17(15,19)16(18)20-4/h5-9,12,14-15,19H,1,10H2,2-4H3/t12-,14+,15+,17-/m1/s1. The molecule has 108 valence electrons. The second-order valence-corrected chi connectivity index (χ2v) is 5.82. The molecule has 1 N–H and O–H groups in total. The minimum absolute atomic E-state index is 0.127. The van der Waals surface area contributed by atoms with Gasteiger partial charge in [-0.05, 0) is 30.7 Å². The Morgan fingerprint density at radius 2 is 2.00 bits per heavy atom. The SMILES string of the molecule is C=C(C)[C@H]1[C@H](C)[C@@H](c2ccccc2)C[C@]1(O)C(=O)OC. The molecule has 0 heterocycles. The number of hydrogen-bond donors (Lipinski definition) is 1. The minimum atomic E-state index is -1.47. The predicted octanol–water partition coefficient (Wildman–Crippen LogP) is 2.91. The van der Waals surface area contributed by atoms with Crippen molar-refractivity contribution in [3.63, 3.8) is 0 Å². The van der Waals surface area contributed by atoms with Gasteiger partial charge in [0.25, 0.3) is 0 Å². The molecule has 3 heteroatoms. The van der Waals surface area contributed by atoms with Crippen LogP contribution in [0.3, 0.4) is 0 Å². The normalized spacial score (nSPS) is 32.9. The maximum absolute atomic E-state index is 12.1. The van der Waals surface area contributed by atoms with Gasteiger partial charge in [-0.15, -0.1) is 0 Å². The Hall–Kier alpha value is -1.61. The van der Waals surface area contributed by atoms with E-state index >= 15 is 0 Å². The van der Waals surface area contributed by atoms with Crippen molar-refractivity contribution in [1.29, 1.82) is 0 Å². The second kappa shape index (κ2) is 5.41.